The first-order valence-corrected chi connectivity index (χ1v) is 20.0. The molecule has 0 radical (unpaired) electrons. The smallest absolute Gasteiger partial charge is 0.178 e. The number of rotatable bonds is 6. The van der Waals surface area contributed by atoms with E-state index >= 15 is 0 Å². The Hall–Kier alpha value is -6.52. The molecule has 1 fully saturated rings. The van der Waals surface area contributed by atoms with E-state index < -0.39 is 0 Å². The fourth-order valence-corrected chi connectivity index (χ4v) is 9.15. The van der Waals surface area contributed by atoms with Crippen LogP contribution in [0.3, 0.4) is 0 Å². The summed E-state index contributed by atoms with van der Waals surface area (Å²) in [4.78, 5) is 4.88. The van der Waals surface area contributed by atoms with Crippen LogP contribution >= 0.6 is 0 Å². The van der Waals surface area contributed by atoms with Gasteiger partial charge in [0, 0.05) is 56.0 Å². The number of hydrogen-bond acceptors (Lipinski definition) is 4. The van der Waals surface area contributed by atoms with Crippen molar-refractivity contribution in [2.24, 2.45) is 0 Å². The molecular weight excluding hydrogens is 685 g/mol. The van der Waals surface area contributed by atoms with Gasteiger partial charge in [0.05, 0.1) is 0 Å². The number of furan rings is 2. The molecule has 10 aromatic rings. The van der Waals surface area contributed by atoms with Gasteiger partial charge in [-0.2, -0.15) is 0 Å². The minimum atomic E-state index is 0.499. The number of nitrogens with zero attached hydrogens (tertiary/aromatic N) is 2. The molecule has 0 unspecified atom stereocenters. The first-order valence-electron chi connectivity index (χ1n) is 20.0. The molecule has 0 spiro atoms. The number of anilines is 5. The van der Waals surface area contributed by atoms with Crippen LogP contribution in [0, 0.1) is 13.8 Å². The van der Waals surface area contributed by atoms with Crippen molar-refractivity contribution in [1.29, 1.82) is 0 Å². The molecule has 1 aliphatic carbocycles. The molecule has 1 saturated carbocycles. The minimum absolute atomic E-state index is 0.499. The lowest BCUT2D eigenvalue weighted by atomic mass is 9.93. The van der Waals surface area contributed by atoms with Crippen molar-refractivity contribution in [3.63, 3.8) is 0 Å². The molecule has 0 N–H and O–H groups in total. The fraction of sp³-hybridized carbons (Fsp3) is 0.154. The van der Waals surface area contributed by atoms with E-state index in [4.69, 9.17) is 8.83 Å². The Labute approximate surface area is 326 Å². The molecule has 0 amide bonds. The van der Waals surface area contributed by atoms with Crippen LogP contribution in [-0.4, -0.2) is 6.04 Å². The zero-order valence-electron chi connectivity index (χ0n) is 31.8. The number of aryl methyl sites for hydroxylation is 2. The molecule has 272 valence electrons. The van der Waals surface area contributed by atoms with Gasteiger partial charge in [0.15, 0.2) is 11.2 Å². The topological polar surface area (TPSA) is 32.8 Å². The first kappa shape index (κ1) is 32.9. The highest BCUT2D eigenvalue weighted by atomic mass is 16.4. The predicted molar refractivity (Wildman–Crippen MR) is 236 cm³/mol. The standard InChI is InChI=1S/C52H42N2O2/c1-33-13-19-41(20-14-33)53(39-9-5-3-6-10-39)43-23-17-35-29-47-45-25-26-46-48-30-36-18-24-44(54(40-11-7-4-8-12-40)42-21-15-34(2)16-22-42)28-38(36)32-50(48)56-52(46)51(45)55-49(47)31-37(35)27-43/h3,5-6,9-10,13-32,40H,4,7-8,11-12H2,1-2H3. The minimum Gasteiger partial charge on any atom is -0.452 e. The van der Waals surface area contributed by atoms with Crippen molar-refractivity contribution in [2.45, 2.75) is 52.0 Å². The molecule has 4 nitrogen and oxygen atoms in total. The second-order valence-corrected chi connectivity index (χ2v) is 15.8. The van der Waals surface area contributed by atoms with E-state index in [0.717, 1.165) is 66.3 Å². The van der Waals surface area contributed by atoms with Gasteiger partial charge in [-0.15, -0.1) is 0 Å². The lowest BCUT2D eigenvalue weighted by Crippen LogP contribution is -2.32. The first-order chi connectivity index (χ1) is 27.5. The van der Waals surface area contributed by atoms with Crippen LogP contribution in [0.1, 0.15) is 43.2 Å². The van der Waals surface area contributed by atoms with Crippen LogP contribution in [0.2, 0.25) is 0 Å². The van der Waals surface area contributed by atoms with Crippen molar-refractivity contribution >= 4 is 93.9 Å². The van der Waals surface area contributed by atoms with Gasteiger partial charge in [-0.3, -0.25) is 0 Å². The number of hydrogen-bond donors (Lipinski definition) is 0. The van der Waals surface area contributed by atoms with E-state index in [1.54, 1.807) is 0 Å². The lowest BCUT2D eigenvalue weighted by molar-refractivity contribution is 0.436. The average Bonchev–Trinajstić information content (AvgIpc) is 3.79. The van der Waals surface area contributed by atoms with E-state index in [1.165, 1.54) is 70.8 Å². The number of benzene rings is 8. The molecule has 1 aliphatic rings. The second-order valence-electron chi connectivity index (χ2n) is 15.8. The van der Waals surface area contributed by atoms with Crippen molar-refractivity contribution in [1.82, 2.24) is 0 Å². The van der Waals surface area contributed by atoms with E-state index in [2.05, 4.69) is 175 Å². The largest absolute Gasteiger partial charge is 0.452 e. The Balaban J connectivity index is 1.01. The van der Waals surface area contributed by atoms with Gasteiger partial charge in [0.1, 0.15) is 11.2 Å². The summed E-state index contributed by atoms with van der Waals surface area (Å²) in [6.45, 7) is 4.29. The Morgan fingerprint density at radius 2 is 0.911 bits per heavy atom. The Kier molecular flexibility index (Phi) is 7.67. The van der Waals surface area contributed by atoms with Crippen LogP contribution in [0.5, 0.6) is 0 Å². The molecule has 56 heavy (non-hydrogen) atoms. The van der Waals surface area contributed by atoms with Crippen molar-refractivity contribution in [3.05, 3.63) is 163 Å². The summed E-state index contributed by atoms with van der Waals surface area (Å²) in [5, 5.41) is 9.02. The Morgan fingerprint density at radius 1 is 0.411 bits per heavy atom. The normalized spacial score (nSPS) is 13.8. The predicted octanol–water partition coefficient (Wildman–Crippen LogP) is 15.3. The third-order valence-electron chi connectivity index (χ3n) is 12.1. The molecule has 0 bridgehead atoms. The van der Waals surface area contributed by atoms with Crippen molar-refractivity contribution < 1.29 is 8.83 Å². The maximum absolute atomic E-state index is 6.76. The van der Waals surface area contributed by atoms with Gasteiger partial charge in [-0.25, -0.2) is 0 Å². The molecule has 2 heterocycles. The van der Waals surface area contributed by atoms with Crippen LogP contribution in [0.15, 0.2) is 160 Å². The van der Waals surface area contributed by atoms with Crippen LogP contribution in [0.25, 0.3) is 65.4 Å². The summed E-state index contributed by atoms with van der Waals surface area (Å²) in [7, 11) is 0. The fourth-order valence-electron chi connectivity index (χ4n) is 9.15. The average molecular weight is 727 g/mol. The van der Waals surface area contributed by atoms with Crippen molar-refractivity contribution in [3.8, 4) is 0 Å². The second kappa shape index (κ2) is 13.1. The number of para-hydroxylation sites is 1. The maximum atomic E-state index is 6.76. The van der Waals surface area contributed by atoms with E-state index in [1.807, 2.05) is 0 Å². The van der Waals surface area contributed by atoms with Gasteiger partial charge >= 0.3 is 0 Å². The van der Waals surface area contributed by atoms with E-state index in [-0.39, 0.29) is 0 Å². The van der Waals surface area contributed by atoms with Crippen LogP contribution in [-0.2, 0) is 0 Å². The van der Waals surface area contributed by atoms with Gasteiger partial charge in [-0.1, -0.05) is 85.0 Å². The summed E-state index contributed by atoms with van der Waals surface area (Å²) in [6.07, 6.45) is 6.34. The van der Waals surface area contributed by atoms with Gasteiger partial charge in [-0.05, 0) is 145 Å². The maximum Gasteiger partial charge on any atom is 0.178 e. The van der Waals surface area contributed by atoms with Crippen LogP contribution in [0.4, 0.5) is 28.4 Å². The molecule has 0 atom stereocenters. The molecule has 0 aliphatic heterocycles. The quantitative estimate of drug-likeness (QED) is 0.171. The zero-order chi connectivity index (χ0) is 37.3. The highest BCUT2D eigenvalue weighted by Gasteiger charge is 2.24. The highest BCUT2D eigenvalue weighted by Crippen LogP contribution is 2.43. The van der Waals surface area contributed by atoms with Gasteiger partial charge in [0.25, 0.3) is 0 Å². The number of fused-ring (bicyclic) bond motifs is 9. The van der Waals surface area contributed by atoms with Gasteiger partial charge in [0.2, 0.25) is 0 Å². The Morgan fingerprint density at radius 3 is 1.50 bits per heavy atom. The van der Waals surface area contributed by atoms with Crippen molar-refractivity contribution in [2.75, 3.05) is 9.80 Å². The summed E-state index contributed by atoms with van der Waals surface area (Å²) in [6, 6.07) is 55.8. The highest BCUT2D eigenvalue weighted by molar-refractivity contribution is 6.21. The van der Waals surface area contributed by atoms with Gasteiger partial charge < -0.3 is 18.6 Å². The molecule has 2 aromatic heterocycles. The molecule has 4 heteroatoms. The summed E-state index contributed by atoms with van der Waals surface area (Å²) in [5.74, 6) is 0. The molecular formula is C52H42N2O2. The summed E-state index contributed by atoms with van der Waals surface area (Å²) >= 11 is 0. The van der Waals surface area contributed by atoms with E-state index in [9.17, 15) is 0 Å². The third kappa shape index (κ3) is 5.51. The SMILES string of the molecule is Cc1ccc(N(c2ccccc2)c2ccc3cc4c(cc3c2)oc2c4ccc3c4cc5ccc(N(c6ccc(C)cc6)C6CCCCC6)cc5cc4oc32)cc1. The lowest BCUT2D eigenvalue weighted by Gasteiger charge is -2.36. The molecule has 8 aromatic carbocycles. The third-order valence-corrected chi connectivity index (χ3v) is 12.1. The molecule has 0 saturated heterocycles. The monoisotopic (exact) mass is 726 g/mol. The van der Waals surface area contributed by atoms with E-state index in [0.29, 0.717) is 6.04 Å². The summed E-state index contributed by atoms with van der Waals surface area (Å²) < 4.78 is 13.5. The zero-order valence-corrected chi connectivity index (χ0v) is 31.8. The Bertz CT molecular complexity index is 3080. The molecule has 11 rings (SSSR count). The summed E-state index contributed by atoms with van der Waals surface area (Å²) in [5.41, 5.74) is 11.7. The van der Waals surface area contributed by atoms with Crippen LogP contribution < -0.4 is 9.80 Å².